The third-order valence-corrected chi connectivity index (χ3v) is 5.49. The van der Waals surface area contributed by atoms with Crippen LogP contribution < -0.4 is 10.2 Å². The first-order chi connectivity index (χ1) is 14.2. The summed E-state index contributed by atoms with van der Waals surface area (Å²) in [5.74, 6) is 1.81. The molecule has 0 aliphatic carbocycles. The van der Waals surface area contributed by atoms with E-state index in [1.54, 1.807) is 0 Å². The van der Waals surface area contributed by atoms with Gasteiger partial charge in [0, 0.05) is 36.5 Å². The number of nitrogens with one attached hydrogen (secondary N) is 1. The van der Waals surface area contributed by atoms with Crippen molar-refractivity contribution in [2.75, 3.05) is 23.3 Å². The Morgan fingerprint density at radius 2 is 1.76 bits per heavy atom. The Morgan fingerprint density at radius 3 is 2.45 bits per heavy atom. The molecule has 29 heavy (non-hydrogen) atoms. The number of carbonyl (C=O) groups is 1. The second-order valence-electron chi connectivity index (χ2n) is 7.41. The molecule has 0 radical (unpaired) electrons. The Balaban J connectivity index is 1.36. The van der Waals surface area contributed by atoms with E-state index in [1.807, 2.05) is 54.7 Å². The zero-order valence-electron chi connectivity index (χ0n) is 16.7. The predicted molar refractivity (Wildman–Crippen MR) is 117 cm³/mol. The fourth-order valence-electron chi connectivity index (χ4n) is 3.69. The molecular weight excluding hydrogens is 360 g/mol. The summed E-state index contributed by atoms with van der Waals surface area (Å²) in [6.07, 6.45) is 4.46. The van der Waals surface area contributed by atoms with Gasteiger partial charge in [-0.2, -0.15) is 0 Å². The summed E-state index contributed by atoms with van der Waals surface area (Å²) in [5.41, 5.74) is 3.16. The van der Waals surface area contributed by atoms with E-state index in [0.717, 1.165) is 55.2 Å². The molecule has 2 aromatic carbocycles. The van der Waals surface area contributed by atoms with Crippen LogP contribution in [0, 0.1) is 5.92 Å². The number of hydrogen-bond acceptors (Lipinski definition) is 4. The first-order valence-electron chi connectivity index (χ1n) is 10.3. The highest BCUT2D eigenvalue weighted by Gasteiger charge is 2.26. The summed E-state index contributed by atoms with van der Waals surface area (Å²) >= 11 is 0. The summed E-state index contributed by atoms with van der Waals surface area (Å²) in [6.45, 7) is 3.76. The van der Waals surface area contributed by atoms with Gasteiger partial charge in [-0.3, -0.25) is 4.79 Å². The maximum Gasteiger partial charge on any atom is 0.227 e. The van der Waals surface area contributed by atoms with Crippen molar-refractivity contribution in [2.45, 2.75) is 26.2 Å². The van der Waals surface area contributed by atoms with Crippen LogP contribution in [0.15, 0.2) is 66.9 Å². The standard InChI is InChI=1S/C24H26N4O/c1-2-18-8-10-21(11-9-18)26-24(29)20-13-16-28(17-14-20)22-12-15-25-23(27-22)19-6-4-3-5-7-19/h3-12,15,20H,2,13-14,16-17H2,1H3,(H,26,29). The van der Waals surface area contributed by atoms with Gasteiger partial charge < -0.3 is 10.2 Å². The van der Waals surface area contributed by atoms with Crippen LogP contribution in [0.3, 0.4) is 0 Å². The van der Waals surface area contributed by atoms with Crippen LogP contribution in [-0.2, 0) is 11.2 Å². The van der Waals surface area contributed by atoms with Gasteiger partial charge in [0.05, 0.1) is 0 Å². The number of nitrogens with zero attached hydrogens (tertiary/aromatic N) is 3. The molecule has 5 nitrogen and oxygen atoms in total. The zero-order valence-corrected chi connectivity index (χ0v) is 16.7. The number of anilines is 2. The van der Waals surface area contributed by atoms with Crippen LogP contribution in [0.1, 0.15) is 25.3 Å². The fraction of sp³-hybridized carbons (Fsp3) is 0.292. The van der Waals surface area contributed by atoms with Crippen molar-refractivity contribution < 1.29 is 4.79 Å². The Bertz CT molecular complexity index is 948. The summed E-state index contributed by atoms with van der Waals surface area (Å²) in [7, 11) is 0. The van der Waals surface area contributed by atoms with E-state index in [9.17, 15) is 4.79 Å². The van der Waals surface area contributed by atoms with Crippen LogP contribution in [0.5, 0.6) is 0 Å². The first-order valence-corrected chi connectivity index (χ1v) is 10.3. The molecule has 1 aliphatic heterocycles. The van der Waals surface area contributed by atoms with Gasteiger partial charge >= 0.3 is 0 Å². The van der Waals surface area contributed by atoms with E-state index in [0.29, 0.717) is 0 Å². The van der Waals surface area contributed by atoms with Crippen LogP contribution in [0.2, 0.25) is 0 Å². The molecule has 0 bridgehead atoms. The third-order valence-electron chi connectivity index (χ3n) is 5.49. The Kier molecular flexibility index (Phi) is 5.84. The van der Waals surface area contributed by atoms with Crippen molar-refractivity contribution in [2.24, 2.45) is 5.92 Å². The lowest BCUT2D eigenvalue weighted by Crippen LogP contribution is -2.38. The van der Waals surface area contributed by atoms with Gasteiger partial charge in [-0.25, -0.2) is 9.97 Å². The van der Waals surface area contributed by atoms with Gasteiger partial charge in [0.1, 0.15) is 5.82 Å². The Hall–Kier alpha value is -3.21. The molecule has 3 aromatic rings. The van der Waals surface area contributed by atoms with Gasteiger partial charge in [-0.15, -0.1) is 0 Å². The lowest BCUT2D eigenvalue weighted by atomic mass is 9.95. The molecule has 0 atom stereocenters. The van der Waals surface area contributed by atoms with Crippen molar-refractivity contribution >= 4 is 17.4 Å². The van der Waals surface area contributed by atoms with Crippen LogP contribution >= 0.6 is 0 Å². The lowest BCUT2D eigenvalue weighted by molar-refractivity contribution is -0.120. The molecule has 0 spiro atoms. The minimum atomic E-state index is 0.0348. The number of aromatic nitrogens is 2. The van der Waals surface area contributed by atoms with Crippen LogP contribution in [-0.4, -0.2) is 29.0 Å². The molecule has 1 aromatic heterocycles. The van der Waals surface area contributed by atoms with Crippen molar-refractivity contribution in [3.05, 3.63) is 72.4 Å². The molecule has 1 amide bonds. The molecule has 4 rings (SSSR count). The largest absolute Gasteiger partial charge is 0.356 e. The minimum absolute atomic E-state index is 0.0348. The molecule has 1 aliphatic rings. The van der Waals surface area contributed by atoms with Gasteiger partial charge in [-0.05, 0) is 43.0 Å². The minimum Gasteiger partial charge on any atom is -0.356 e. The number of aryl methyl sites for hydroxylation is 1. The average Bonchev–Trinajstić information content (AvgIpc) is 2.80. The first kappa shape index (κ1) is 19.1. The molecule has 148 valence electrons. The second kappa shape index (κ2) is 8.86. The van der Waals surface area contributed by atoms with Crippen molar-refractivity contribution in [1.82, 2.24) is 9.97 Å². The highest BCUT2D eigenvalue weighted by Crippen LogP contribution is 2.25. The molecule has 2 heterocycles. The topological polar surface area (TPSA) is 58.1 Å². The number of piperidine rings is 1. The van der Waals surface area contributed by atoms with E-state index < -0.39 is 0 Å². The normalized spacial score (nSPS) is 14.6. The SMILES string of the molecule is CCc1ccc(NC(=O)C2CCN(c3ccnc(-c4ccccc4)n3)CC2)cc1. The monoisotopic (exact) mass is 386 g/mol. The van der Waals surface area contributed by atoms with E-state index in [1.165, 1.54) is 5.56 Å². The second-order valence-corrected chi connectivity index (χ2v) is 7.41. The Morgan fingerprint density at radius 1 is 1.03 bits per heavy atom. The van der Waals surface area contributed by atoms with Crippen LogP contribution in [0.4, 0.5) is 11.5 Å². The quantitative estimate of drug-likeness (QED) is 0.698. The van der Waals surface area contributed by atoms with E-state index >= 15 is 0 Å². The fourth-order valence-corrected chi connectivity index (χ4v) is 3.69. The summed E-state index contributed by atoms with van der Waals surface area (Å²) < 4.78 is 0. The number of benzene rings is 2. The van der Waals surface area contributed by atoms with E-state index in [-0.39, 0.29) is 11.8 Å². The number of carbonyl (C=O) groups excluding carboxylic acids is 1. The van der Waals surface area contributed by atoms with Crippen molar-refractivity contribution in [3.63, 3.8) is 0 Å². The molecule has 1 N–H and O–H groups in total. The smallest absolute Gasteiger partial charge is 0.227 e. The molecule has 0 unspecified atom stereocenters. The van der Waals surface area contributed by atoms with E-state index in [2.05, 4.69) is 34.3 Å². The number of rotatable bonds is 5. The number of amides is 1. The predicted octanol–water partition coefficient (Wildman–Crippen LogP) is 4.56. The third kappa shape index (κ3) is 4.62. The zero-order chi connectivity index (χ0) is 20.1. The molecule has 1 fully saturated rings. The Labute approximate surface area is 171 Å². The van der Waals surface area contributed by atoms with Gasteiger partial charge in [-0.1, -0.05) is 49.4 Å². The van der Waals surface area contributed by atoms with Crippen LogP contribution in [0.25, 0.3) is 11.4 Å². The van der Waals surface area contributed by atoms with Gasteiger partial charge in [0.25, 0.3) is 0 Å². The van der Waals surface area contributed by atoms with Crippen molar-refractivity contribution in [1.29, 1.82) is 0 Å². The molecule has 1 saturated heterocycles. The maximum absolute atomic E-state index is 12.6. The lowest BCUT2D eigenvalue weighted by Gasteiger charge is -2.32. The highest BCUT2D eigenvalue weighted by molar-refractivity contribution is 5.92. The molecule has 0 saturated carbocycles. The summed E-state index contributed by atoms with van der Waals surface area (Å²) in [6, 6.07) is 20.1. The van der Waals surface area contributed by atoms with E-state index in [4.69, 9.17) is 4.98 Å². The summed E-state index contributed by atoms with van der Waals surface area (Å²) in [5, 5.41) is 3.07. The van der Waals surface area contributed by atoms with Gasteiger partial charge in [0.2, 0.25) is 5.91 Å². The highest BCUT2D eigenvalue weighted by atomic mass is 16.1. The maximum atomic E-state index is 12.6. The van der Waals surface area contributed by atoms with Crippen molar-refractivity contribution in [3.8, 4) is 11.4 Å². The average molecular weight is 386 g/mol. The summed E-state index contributed by atoms with van der Waals surface area (Å²) in [4.78, 5) is 24.0. The molecule has 5 heteroatoms. The number of hydrogen-bond donors (Lipinski definition) is 1. The van der Waals surface area contributed by atoms with Gasteiger partial charge in [0.15, 0.2) is 5.82 Å². The molecular formula is C24H26N4O.